The molecule has 0 unspecified atom stereocenters. The van der Waals surface area contributed by atoms with Crippen LogP contribution >= 0.6 is 0 Å². The van der Waals surface area contributed by atoms with Crippen molar-refractivity contribution in [1.82, 2.24) is 5.32 Å². The molecule has 4 heteroatoms. The zero-order valence-electron chi connectivity index (χ0n) is 12.6. The summed E-state index contributed by atoms with van der Waals surface area (Å²) in [6, 6.07) is 9.36. The minimum absolute atomic E-state index is 0.0630. The summed E-state index contributed by atoms with van der Waals surface area (Å²) in [6.07, 6.45) is 7.60. The standard InChI is InChI=1S/C17H25NO3/c19-17(14-21-16-10-5-2-6-11-16)18-12-7-13-20-15-8-3-1-4-9-15/h2,5-6,10-11,15H,1,3-4,7-9,12-14H2,(H,18,19). The Labute approximate surface area is 126 Å². The van der Waals surface area contributed by atoms with Crippen LogP contribution in [0.2, 0.25) is 0 Å². The van der Waals surface area contributed by atoms with Gasteiger partial charge in [-0.25, -0.2) is 0 Å². The first-order valence-electron chi connectivity index (χ1n) is 7.91. The van der Waals surface area contributed by atoms with Gasteiger partial charge in [0, 0.05) is 13.2 Å². The van der Waals surface area contributed by atoms with Gasteiger partial charge in [-0.1, -0.05) is 37.5 Å². The number of carbonyl (C=O) groups is 1. The molecule has 0 heterocycles. The van der Waals surface area contributed by atoms with Crippen molar-refractivity contribution in [2.45, 2.75) is 44.6 Å². The maximum absolute atomic E-state index is 11.6. The molecule has 1 aromatic rings. The van der Waals surface area contributed by atoms with Crippen LogP contribution in [0.3, 0.4) is 0 Å². The van der Waals surface area contributed by atoms with Crippen LogP contribution in [0.1, 0.15) is 38.5 Å². The molecule has 1 fully saturated rings. The summed E-state index contributed by atoms with van der Waals surface area (Å²) in [5.74, 6) is 0.629. The molecule has 0 radical (unpaired) electrons. The predicted octanol–water partition coefficient (Wildman–Crippen LogP) is 2.92. The SMILES string of the molecule is O=C(COc1ccccc1)NCCCOC1CCCCC1. The monoisotopic (exact) mass is 291 g/mol. The van der Waals surface area contributed by atoms with Crippen molar-refractivity contribution in [2.24, 2.45) is 0 Å². The van der Waals surface area contributed by atoms with E-state index in [1.165, 1.54) is 32.1 Å². The van der Waals surface area contributed by atoms with Crippen molar-refractivity contribution in [3.63, 3.8) is 0 Å². The Morgan fingerprint density at radius 2 is 1.90 bits per heavy atom. The molecule has 1 aromatic carbocycles. The minimum atomic E-state index is -0.0866. The average molecular weight is 291 g/mol. The van der Waals surface area contributed by atoms with Crippen molar-refractivity contribution in [2.75, 3.05) is 19.8 Å². The molecule has 2 rings (SSSR count). The third-order valence-corrected chi connectivity index (χ3v) is 3.66. The van der Waals surface area contributed by atoms with Gasteiger partial charge in [0.25, 0.3) is 5.91 Å². The zero-order chi connectivity index (χ0) is 14.8. The number of para-hydroxylation sites is 1. The summed E-state index contributed by atoms with van der Waals surface area (Å²) >= 11 is 0. The topological polar surface area (TPSA) is 47.6 Å². The highest BCUT2D eigenvalue weighted by Crippen LogP contribution is 2.20. The van der Waals surface area contributed by atoms with Crippen molar-refractivity contribution >= 4 is 5.91 Å². The van der Waals surface area contributed by atoms with Gasteiger partial charge < -0.3 is 14.8 Å². The molecule has 1 aliphatic rings. The summed E-state index contributed by atoms with van der Waals surface area (Å²) in [4.78, 5) is 11.6. The summed E-state index contributed by atoms with van der Waals surface area (Å²) in [6.45, 7) is 1.43. The van der Waals surface area contributed by atoms with E-state index in [1.807, 2.05) is 30.3 Å². The number of amides is 1. The minimum Gasteiger partial charge on any atom is -0.484 e. The number of nitrogens with one attached hydrogen (secondary N) is 1. The van der Waals surface area contributed by atoms with Gasteiger partial charge in [0.2, 0.25) is 0 Å². The van der Waals surface area contributed by atoms with Crippen LogP contribution in [0.15, 0.2) is 30.3 Å². The van der Waals surface area contributed by atoms with E-state index in [0.717, 1.165) is 13.0 Å². The lowest BCUT2D eigenvalue weighted by atomic mass is 9.98. The normalized spacial score (nSPS) is 15.6. The molecule has 0 atom stereocenters. The average Bonchev–Trinajstić information content (AvgIpc) is 2.54. The van der Waals surface area contributed by atoms with Crippen molar-refractivity contribution < 1.29 is 14.3 Å². The number of hydrogen-bond donors (Lipinski definition) is 1. The van der Waals surface area contributed by atoms with Gasteiger partial charge in [-0.15, -0.1) is 0 Å². The van der Waals surface area contributed by atoms with Gasteiger partial charge in [-0.3, -0.25) is 4.79 Å². The molecule has 0 aliphatic heterocycles. The highest BCUT2D eigenvalue weighted by atomic mass is 16.5. The molecule has 0 saturated heterocycles. The molecule has 1 N–H and O–H groups in total. The van der Waals surface area contributed by atoms with Crippen molar-refractivity contribution in [1.29, 1.82) is 0 Å². The lowest BCUT2D eigenvalue weighted by Gasteiger charge is -2.21. The van der Waals surface area contributed by atoms with Crippen LogP contribution < -0.4 is 10.1 Å². The second kappa shape index (κ2) is 9.40. The first-order valence-corrected chi connectivity index (χ1v) is 7.91. The Balaban J connectivity index is 1.47. The Morgan fingerprint density at radius 3 is 2.67 bits per heavy atom. The van der Waals surface area contributed by atoms with Crippen LogP contribution in [0, 0.1) is 0 Å². The quantitative estimate of drug-likeness (QED) is 0.749. The number of hydrogen-bond acceptors (Lipinski definition) is 3. The van der Waals surface area contributed by atoms with Gasteiger partial charge >= 0.3 is 0 Å². The molecule has 0 aromatic heterocycles. The Morgan fingerprint density at radius 1 is 1.14 bits per heavy atom. The van der Waals surface area contributed by atoms with E-state index in [-0.39, 0.29) is 12.5 Å². The fourth-order valence-corrected chi connectivity index (χ4v) is 2.50. The number of carbonyl (C=O) groups excluding carboxylic acids is 1. The fraction of sp³-hybridized carbons (Fsp3) is 0.588. The summed E-state index contributed by atoms with van der Waals surface area (Å²) in [7, 11) is 0. The number of ether oxygens (including phenoxy) is 2. The first-order chi connectivity index (χ1) is 10.3. The van der Waals surface area contributed by atoms with Gasteiger partial charge in [0.05, 0.1) is 6.10 Å². The predicted molar refractivity (Wildman–Crippen MR) is 82.4 cm³/mol. The molecular weight excluding hydrogens is 266 g/mol. The van der Waals surface area contributed by atoms with E-state index in [1.54, 1.807) is 0 Å². The van der Waals surface area contributed by atoms with E-state index in [0.29, 0.717) is 18.4 Å². The van der Waals surface area contributed by atoms with Crippen LogP contribution in [0.25, 0.3) is 0 Å². The lowest BCUT2D eigenvalue weighted by molar-refractivity contribution is -0.123. The maximum atomic E-state index is 11.6. The van der Waals surface area contributed by atoms with Gasteiger partial charge in [-0.2, -0.15) is 0 Å². The highest BCUT2D eigenvalue weighted by molar-refractivity contribution is 5.77. The maximum Gasteiger partial charge on any atom is 0.257 e. The molecule has 21 heavy (non-hydrogen) atoms. The summed E-state index contributed by atoms with van der Waals surface area (Å²) < 4.78 is 11.2. The second-order valence-corrected chi connectivity index (χ2v) is 5.44. The van der Waals surface area contributed by atoms with Crippen LogP contribution in [-0.4, -0.2) is 31.8 Å². The first kappa shape index (κ1) is 15.8. The summed E-state index contributed by atoms with van der Waals surface area (Å²) in [5, 5.41) is 2.85. The number of benzene rings is 1. The largest absolute Gasteiger partial charge is 0.484 e. The smallest absolute Gasteiger partial charge is 0.257 e. The molecule has 116 valence electrons. The molecule has 1 amide bonds. The van der Waals surface area contributed by atoms with Gasteiger partial charge in [0.15, 0.2) is 6.61 Å². The third-order valence-electron chi connectivity index (χ3n) is 3.66. The van der Waals surface area contributed by atoms with E-state index in [4.69, 9.17) is 9.47 Å². The Hall–Kier alpha value is -1.55. The lowest BCUT2D eigenvalue weighted by Crippen LogP contribution is -2.30. The van der Waals surface area contributed by atoms with E-state index in [2.05, 4.69) is 5.32 Å². The molecule has 0 spiro atoms. The van der Waals surface area contributed by atoms with Gasteiger partial charge in [-0.05, 0) is 31.4 Å². The second-order valence-electron chi connectivity index (χ2n) is 5.44. The molecular formula is C17H25NO3. The van der Waals surface area contributed by atoms with Gasteiger partial charge in [0.1, 0.15) is 5.75 Å². The van der Waals surface area contributed by atoms with Crippen LogP contribution in [-0.2, 0) is 9.53 Å². The molecule has 1 saturated carbocycles. The highest BCUT2D eigenvalue weighted by Gasteiger charge is 2.13. The van der Waals surface area contributed by atoms with E-state index < -0.39 is 0 Å². The molecule has 1 aliphatic carbocycles. The molecule has 4 nitrogen and oxygen atoms in total. The van der Waals surface area contributed by atoms with E-state index in [9.17, 15) is 4.79 Å². The van der Waals surface area contributed by atoms with Crippen LogP contribution in [0.5, 0.6) is 5.75 Å². The van der Waals surface area contributed by atoms with Crippen LogP contribution in [0.4, 0.5) is 0 Å². The molecule has 0 bridgehead atoms. The number of rotatable bonds is 8. The zero-order valence-corrected chi connectivity index (χ0v) is 12.6. The third kappa shape index (κ3) is 6.63. The van der Waals surface area contributed by atoms with Crippen molar-refractivity contribution in [3.05, 3.63) is 30.3 Å². The Kier molecular flexibility index (Phi) is 7.08. The van der Waals surface area contributed by atoms with E-state index >= 15 is 0 Å². The Bertz CT molecular complexity index is 402. The summed E-state index contributed by atoms with van der Waals surface area (Å²) in [5.41, 5.74) is 0. The fourth-order valence-electron chi connectivity index (χ4n) is 2.50. The van der Waals surface area contributed by atoms with Crippen molar-refractivity contribution in [3.8, 4) is 5.75 Å².